The van der Waals surface area contributed by atoms with E-state index < -0.39 is 5.91 Å². The molecule has 1 aromatic heterocycles. The fourth-order valence-electron chi connectivity index (χ4n) is 3.93. The molecule has 7 nitrogen and oxygen atoms in total. The van der Waals surface area contributed by atoms with Gasteiger partial charge in [-0.05, 0) is 78.4 Å². The molecule has 0 spiro atoms. The molecule has 0 aliphatic heterocycles. The predicted octanol–water partition coefficient (Wildman–Crippen LogP) is 3.71. The van der Waals surface area contributed by atoms with Gasteiger partial charge in [-0.2, -0.15) is 0 Å². The van der Waals surface area contributed by atoms with E-state index in [1.165, 1.54) is 18.9 Å². The van der Waals surface area contributed by atoms with Gasteiger partial charge in [0.1, 0.15) is 23.8 Å². The molecule has 1 unspecified atom stereocenters. The molecular formula is C25H24ClN3O4. The van der Waals surface area contributed by atoms with Crippen LogP contribution in [0.2, 0.25) is 5.02 Å². The van der Waals surface area contributed by atoms with Crippen LogP contribution in [0.1, 0.15) is 44.0 Å². The normalized spacial score (nSPS) is 14.8. The summed E-state index contributed by atoms with van der Waals surface area (Å²) in [5, 5.41) is 3.58. The number of nitrogens with zero attached hydrogens (tertiary/aromatic N) is 1. The highest BCUT2D eigenvalue weighted by molar-refractivity contribution is 6.31. The van der Waals surface area contributed by atoms with Crippen LogP contribution in [0, 0.1) is 0 Å². The van der Waals surface area contributed by atoms with Crippen molar-refractivity contribution in [1.29, 1.82) is 0 Å². The zero-order valence-corrected chi connectivity index (χ0v) is 18.9. The summed E-state index contributed by atoms with van der Waals surface area (Å²) >= 11 is 6.07. The summed E-state index contributed by atoms with van der Waals surface area (Å²) in [5.74, 6) is 0.418. The van der Waals surface area contributed by atoms with Crippen molar-refractivity contribution in [2.45, 2.75) is 31.9 Å². The number of amides is 2. The molecule has 0 radical (unpaired) electrons. The first-order valence-corrected chi connectivity index (χ1v) is 10.9. The Hall–Kier alpha value is -3.58. The Morgan fingerprint density at radius 1 is 1.15 bits per heavy atom. The molecule has 0 saturated heterocycles. The third-order valence-electron chi connectivity index (χ3n) is 5.63. The average molecular weight is 466 g/mol. The second-order valence-corrected chi connectivity index (χ2v) is 8.33. The van der Waals surface area contributed by atoms with E-state index in [9.17, 15) is 9.59 Å². The molecule has 3 aromatic rings. The van der Waals surface area contributed by atoms with Gasteiger partial charge in [-0.15, -0.1) is 0 Å². The Morgan fingerprint density at radius 2 is 2.00 bits per heavy atom. The maximum Gasteiger partial charge on any atom is 0.267 e. The van der Waals surface area contributed by atoms with Crippen molar-refractivity contribution in [2.24, 2.45) is 5.73 Å². The summed E-state index contributed by atoms with van der Waals surface area (Å²) in [6, 6.07) is 14.4. The molecule has 2 aromatic carbocycles. The number of nitrogens with two attached hydrogens (primary N) is 1. The summed E-state index contributed by atoms with van der Waals surface area (Å²) in [4.78, 5) is 28.1. The molecule has 3 N–H and O–H groups in total. The number of fused-ring (bicyclic) bond motifs is 1. The minimum absolute atomic E-state index is 0.0118. The van der Waals surface area contributed by atoms with E-state index in [1.807, 2.05) is 12.1 Å². The third kappa shape index (κ3) is 5.43. The van der Waals surface area contributed by atoms with E-state index >= 15 is 0 Å². The number of nitrogens with one attached hydrogen (secondary N) is 1. The lowest BCUT2D eigenvalue weighted by molar-refractivity contribution is 0.0929. The highest BCUT2D eigenvalue weighted by atomic mass is 35.5. The van der Waals surface area contributed by atoms with Gasteiger partial charge in [0.15, 0.2) is 0 Å². The molecule has 0 bridgehead atoms. The summed E-state index contributed by atoms with van der Waals surface area (Å²) in [6.45, 7) is 0.288. The quantitative estimate of drug-likeness (QED) is 0.553. The van der Waals surface area contributed by atoms with E-state index in [0.29, 0.717) is 22.8 Å². The van der Waals surface area contributed by atoms with Gasteiger partial charge in [-0.3, -0.25) is 14.6 Å². The van der Waals surface area contributed by atoms with Crippen molar-refractivity contribution in [3.63, 3.8) is 0 Å². The Kier molecular flexibility index (Phi) is 6.79. The molecule has 2 amide bonds. The first-order chi connectivity index (χ1) is 15.9. The number of benzene rings is 2. The van der Waals surface area contributed by atoms with Crippen molar-refractivity contribution in [2.75, 3.05) is 7.11 Å². The van der Waals surface area contributed by atoms with E-state index in [1.54, 1.807) is 30.3 Å². The van der Waals surface area contributed by atoms with Crippen LogP contribution >= 0.6 is 11.6 Å². The smallest absolute Gasteiger partial charge is 0.267 e. The third-order valence-corrected chi connectivity index (χ3v) is 5.86. The number of hydrogen-bond donors (Lipinski definition) is 2. The average Bonchev–Trinajstić information content (AvgIpc) is 2.82. The van der Waals surface area contributed by atoms with E-state index in [4.69, 9.17) is 26.8 Å². The van der Waals surface area contributed by atoms with Gasteiger partial charge in [-0.1, -0.05) is 17.7 Å². The van der Waals surface area contributed by atoms with Gasteiger partial charge < -0.3 is 20.5 Å². The number of pyridine rings is 1. The molecule has 1 aliphatic rings. The van der Waals surface area contributed by atoms with Crippen LogP contribution in [-0.4, -0.2) is 29.9 Å². The van der Waals surface area contributed by atoms with Gasteiger partial charge in [0.25, 0.3) is 11.8 Å². The van der Waals surface area contributed by atoms with Gasteiger partial charge in [0.05, 0.1) is 12.7 Å². The van der Waals surface area contributed by atoms with E-state index in [2.05, 4.69) is 16.4 Å². The predicted molar refractivity (Wildman–Crippen MR) is 125 cm³/mol. The first kappa shape index (κ1) is 22.6. The lowest BCUT2D eigenvalue weighted by Crippen LogP contribution is -2.39. The van der Waals surface area contributed by atoms with Gasteiger partial charge in [-0.25, -0.2) is 0 Å². The first-order valence-electron chi connectivity index (χ1n) is 10.6. The van der Waals surface area contributed by atoms with Crippen molar-refractivity contribution in [1.82, 2.24) is 10.3 Å². The van der Waals surface area contributed by atoms with Crippen LogP contribution in [0.15, 0.2) is 54.7 Å². The highest BCUT2D eigenvalue weighted by Crippen LogP contribution is 2.27. The van der Waals surface area contributed by atoms with Crippen LogP contribution in [-0.2, 0) is 19.4 Å². The van der Waals surface area contributed by atoms with Gasteiger partial charge in [0.2, 0.25) is 0 Å². The Balaban J connectivity index is 1.42. The standard InChI is InChI=1S/C25H24ClN3O4/c1-32-23-7-4-18(26)13-21(23)25(31)29-19-5-2-16-3-6-20(12-17(16)11-19)33-14-15-8-9-28-22(10-15)24(27)30/h3-4,6-10,12-13,19H,2,5,11,14H2,1H3,(H2,27,30)(H,29,31). The van der Waals surface area contributed by atoms with Crippen LogP contribution in [0.5, 0.6) is 11.5 Å². The number of ether oxygens (including phenoxy) is 2. The van der Waals surface area contributed by atoms with Crippen molar-refractivity contribution in [3.8, 4) is 11.5 Å². The largest absolute Gasteiger partial charge is 0.496 e. The molecular weight excluding hydrogens is 442 g/mol. The molecule has 1 aliphatic carbocycles. The molecule has 0 saturated carbocycles. The van der Waals surface area contributed by atoms with Crippen LogP contribution in [0.4, 0.5) is 0 Å². The van der Waals surface area contributed by atoms with Crippen LogP contribution in [0.25, 0.3) is 0 Å². The minimum atomic E-state index is -0.575. The van der Waals surface area contributed by atoms with Crippen molar-refractivity contribution < 1.29 is 19.1 Å². The monoisotopic (exact) mass is 465 g/mol. The Labute approximate surface area is 196 Å². The van der Waals surface area contributed by atoms with Crippen molar-refractivity contribution >= 4 is 23.4 Å². The van der Waals surface area contributed by atoms with Crippen LogP contribution < -0.4 is 20.5 Å². The summed E-state index contributed by atoms with van der Waals surface area (Å²) in [6.07, 6.45) is 3.93. The number of hydrogen-bond acceptors (Lipinski definition) is 5. The van der Waals surface area contributed by atoms with E-state index in [-0.39, 0.29) is 24.2 Å². The lowest BCUT2D eigenvalue weighted by atomic mass is 9.88. The Bertz CT molecular complexity index is 1200. The number of primary amides is 1. The van der Waals surface area contributed by atoms with Gasteiger partial charge in [0, 0.05) is 17.3 Å². The SMILES string of the molecule is COc1ccc(Cl)cc1C(=O)NC1CCc2ccc(OCc3ccnc(C(N)=O)c3)cc2C1. The molecule has 4 rings (SSSR count). The number of carbonyl (C=O) groups excluding carboxylic acids is 2. The number of aromatic nitrogens is 1. The Morgan fingerprint density at radius 3 is 2.79 bits per heavy atom. The number of aryl methyl sites for hydroxylation is 1. The molecule has 8 heteroatoms. The second-order valence-electron chi connectivity index (χ2n) is 7.89. The molecule has 1 heterocycles. The summed E-state index contributed by atoms with van der Waals surface area (Å²) in [5.41, 5.74) is 9.09. The molecule has 0 fully saturated rings. The maximum absolute atomic E-state index is 12.8. The van der Waals surface area contributed by atoms with Gasteiger partial charge >= 0.3 is 0 Å². The number of carbonyl (C=O) groups is 2. The molecule has 33 heavy (non-hydrogen) atoms. The zero-order chi connectivity index (χ0) is 23.4. The second kappa shape index (κ2) is 9.92. The molecule has 1 atom stereocenters. The lowest BCUT2D eigenvalue weighted by Gasteiger charge is -2.26. The summed E-state index contributed by atoms with van der Waals surface area (Å²) in [7, 11) is 1.53. The van der Waals surface area contributed by atoms with Crippen molar-refractivity contribution in [3.05, 3.63) is 87.7 Å². The summed E-state index contributed by atoms with van der Waals surface area (Å²) < 4.78 is 11.2. The number of halogens is 1. The fraction of sp³-hybridized carbons (Fsp3) is 0.240. The topological polar surface area (TPSA) is 104 Å². The number of methoxy groups -OCH3 is 1. The van der Waals surface area contributed by atoms with E-state index in [0.717, 1.165) is 29.7 Å². The minimum Gasteiger partial charge on any atom is -0.496 e. The zero-order valence-electron chi connectivity index (χ0n) is 18.1. The number of rotatable bonds is 7. The fourth-order valence-corrected chi connectivity index (χ4v) is 4.10. The maximum atomic E-state index is 12.8. The van der Waals surface area contributed by atoms with Crippen LogP contribution in [0.3, 0.4) is 0 Å². The molecule has 170 valence electrons. The highest BCUT2D eigenvalue weighted by Gasteiger charge is 2.23.